The summed E-state index contributed by atoms with van der Waals surface area (Å²) < 4.78 is 2.41. The summed E-state index contributed by atoms with van der Waals surface area (Å²) in [5.41, 5.74) is 11.8. The molecule has 0 N–H and O–H groups in total. The maximum atomic E-state index is 2.41. The number of para-hydroxylation sites is 3. The zero-order valence-corrected chi connectivity index (χ0v) is 28.5. The highest BCUT2D eigenvalue weighted by atomic mass is 15.1. The van der Waals surface area contributed by atoms with Crippen LogP contribution >= 0.6 is 0 Å². The Morgan fingerprint density at radius 2 is 0.808 bits per heavy atom. The predicted octanol–water partition coefficient (Wildman–Crippen LogP) is 13.9. The molecule has 0 aliphatic carbocycles. The third-order valence-corrected chi connectivity index (χ3v) is 10.4. The zero-order chi connectivity index (χ0) is 34.4. The van der Waals surface area contributed by atoms with Crippen molar-refractivity contribution in [3.8, 4) is 27.9 Å². The minimum absolute atomic E-state index is 1.12. The Labute approximate surface area is 303 Å². The lowest BCUT2D eigenvalue weighted by Gasteiger charge is -2.28. The molecule has 10 aromatic rings. The van der Waals surface area contributed by atoms with Gasteiger partial charge >= 0.3 is 0 Å². The highest BCUT2D eigenvalue weighted by Gasteiger charge is 2.19. The van der Waals surface area contributed by atoms with Crippen LogP contribution in [0.4, 0.5) is 17.1 Å². The smallest absolute Gasteiger partial charge is 0.0541 e. The van der Waals surface area contributed by atoms with Gasteiger partial charge in [0.15, 0.2) is 0 Å². The van der Waals surface area contributed by atoms with E-state index in [0.717, 1.165) is 17.1 Å². The Kier molecular flexibility index (Phi) is 7.18. The molecule has 0 saturated heterocycles. The summed E-state index contributed by atoms with van der Waals surface area (Å²) in [6.07, 6.45) is 0. The van der Waals surface area contributed by atoms with E-state index in [4.69, 9.17) is 0 Å². The van der Waals surface area contributed by atoms with E-state index in [2.05, 4.69) is 216 Å². The number of hydrogen-bond acceptors (Lipinski definition) is 1. The molecule has 0 aliphatic rings. The Hall–Kier alpha value is -6.90. The fourth-order valence-corrected chi connectivity index (χ4v) is 7.98. The molecule has 0 saturated carbocycles. The van der Waals surface area contributed by atoms with E-state index < -0.39 is 0 Å². The van der Waals surface area contributed by atoms with Gasteiger partial charge in [0.25, 0.3) is 0 Å². The standard InChI is InChI=1S/C50H34N2/c1-3-20-41-36(14-1)16-12-28-46(41)51(47-29-13-17-37-15-2-4-21-42(37)47)40-32-30-35(31-33-40)38-18-11-19-39(34-38)43-22-5-8-25-48(43)52-49-26-9-6-23-44(49)45-24-7-10-27-50(45)52/h1-34H. The van der Waals surface area contributed by atoms with Gasteiger partial charge in [0.2, 0.25) is 0 Å². The van der Waals surface area contributed by atoms with Crippen LogP contribution in [0.3, 0.4) is 0 Å². The Balaban J connectivity index is 1.08. The number of nitrogens with zero attached hydrogens (tertiary/aromatic N) is 2. The van der Waals surface area contributed by atoms with Crippen molar-refractivity contribution in [2.24, 2.45) is 0 Å². The SMILES string of the molecule is c1cc(-c2ccc(N(c3cccc4ccccc34)c3cccc4ccccc34)cc2)cc(-c2ccccc2-n2c3ccccc3c3ccccc32)c1. The monoisotopic (exact) mass is 662 g/mol. The summed E-state index contributed by atoms with van der Waals surface area (Å²) in [5.74, 6) is 0. The number of anilines is 3. The van der Waals surface area contributed by atoms with Crippen LogP contribution in [0.15, 0.2) is 206 Å². The molecule has 0 spiro atoms. The van der Waals surface area contributed by atoms with Gasteiger partial charge in [-0.1, -0.05) is 158 Å². The number of benzene rings is 9. The molecule has 2 heteroatoms. The molecule has 0 atom stereocenters. The maximum absolute atomic E-state index is 2.41. The highest BCUT2D eigenvalue weighted by molar-refractivity contribution is 6.10. The quantitative estimate of drug-likeness (QED) is 0.172. The van der Waals surface area contributed by atoms with Gasteiger partial charge in [0.05, 0.1) is 28.1 Å². The van der Waals surface area contributed by atoms with Gasteiger partial charge in [-0.05, 0) is 76.0 Å². The highest BCUT2D eigenvalue weighted by Crippen LogP contribution is 2.43. The average Bonchev–Trinajstić information content (AvgIpc) is 3.56. The van der Waals surface area contributed by atoms with E-state index in [1.165, 1.54) is 71.3 Å². The summed E-state index contributed by atoms with van der Waals surface area (Å²) in [7, 11) is 0. The van der Waals surface area contributed by atoms with Crippen molar-refractivity contribution in [2.75, 3.05) is 4.90 Å². The lowest BCUT2D eigenvalue weighted by molar-refractivity contribution is 1.18. The van der Waals surface area contributed by atoms with Gasteiger partial charge in [-0.2, -0.15) is 0 Å². The van der Waals surface area contributed by atoms with Crippen molar-refractivity contribution < 1.29 is 0 Å². The molecule has 10 rings (SSSR count). The minimum atomic E-state index is 1.12. The molecular formula is C50H34N2. The van der Waals surface area contributed by atoms with Gasteiger partial charge in [-0.3, -0.25) is 0 Å². The van der Waals surface area contributed by atoms with Crippen molar-refractivity contribution >= 4 is 60.4 Å². The molecule has 0 bridgehead atoms. The number of rotatable bonds is 6. The van der Waals surface area contributed by atoms with Gasteiger partial charge in [0, 0.05) is 32.8 Å². The van der Waals surface area contributed by atoms with Gasteiger partial charge in [-0.25, -0.2) is 0 Å². The van der Waals surface area contributed by atoms with E-state index in [-0.39, 0.29) is 0 Å². The molecule has 0 unspecified atom stereocenters. The van der Waals surface area contributed by atoms with Crippen molar-refractivity contribution in [3.63, 3.8) is 0 Å². The van der Waals surface area contributed by atoms with E-state index in [0.29, 0.717) is 0 Å². The Morgan fingerprint density at radius 3 is 1.44 bits per heavy atom. The summed E-state index contributed by atoms with van der Waals surface area (Å²) in [4.78, 5) is 2.41. The van der Waals surface area contributed by atoms with Crippen LogP contribution in [0.1, 0.15) is 0 Å². The predicted molar refractivity (Wildman–Crippen MR) is 221 cm³/mol. The molecule has 0 radical (unpaired) electrons. The molecule has 1 heterocycles. The summed E-state index contributed by atoms with van der Waals surface area (Å²) in [5, 5.41) is 7.42. The maximum Gasteiger partial charge on any atom is 0.0541 e. The molecule has 9 aromatic carbocycles. The largest absolute Gasteiger partial charge is 0.309 e. The lowest BCUT2D eigenvalue weighted by Crippen LogP contribution is -2.11. The average molecular weight is 663 g/mol. The first kappa shape index (κ1) is 30.0. The summed E-state index contributed by atoms with van der Waals surface area (Å²) in [6, 6.07) is 74.7. The zero-order valence-electron chi connectivity index (χ0n) is 28.5. The van der Waals surface area contributed by atoms with E-state index >= 15 is 0 Å². The molecule has 244 valence electrons. The van der Waals surface area contributed by atoms with Crippen LogP contribution < -0.4 is 4.90 Å². The van der Waals surface area contributed by atoms with Crippen molar-refractivity contribution in [1.82, 2.24) is 4.57 Å². The molecule has 0 fully saturated rings. The molecule has 0 amide bonds. The van der Waals surface area contributed by atoms with Crippen LogP contribution in [-0.2, 0) is 0 Å². The van der Waals surface area contributed by atoms with Crippen LogP contribution in [0, 0.1) is 0 Å². The Bertz CT molecular complexity index is 2770. The minimum Gasteiger partial charge on any atom is -0.309 e. The molecule has 52 heavy (non-hydrogen) atoms. The molecule has 1 aromatic heterocycles. The Morgan fingerprint density at radius 1 is 0.327 bits per heavy atom. The van der Waals surface area contributed by atoms with E-state index in [1.807, 2.05) is 0 Å². The second-order valence-electron chi connectivity index (χ2n) is 13.3. The van der Waals surface area contributed by atoms with Crippen LogP contribution in [-0.4, -0.2) is 4.57 Å². The third-order valence-electron chi connectivity index (χ3n) is 10.4. The van der Waals surface area contributed by atoms with Crippen LogP contribution in [0.25, 0.3) is 71.3 Å². The van der Waals surface area contributed by atoms with Gasteiger partial charge in [0.1, 0.15) is 0 Å². The number of fused-ring (bicyclic) bond motifs is 5. The topological polar surface area (TPSA) is 8.17 Å². The normalized spacial score (nSPS) is 11.5. The molecule has 2 nitrogen and oxygen atoms in total. The second-order valence-corrected chi connectivity index (χ2v) is 13.3. The molecular weight excluding hydrogens is 629 g/mol. The lowest BCUT2D eigenvalue weighted by atomic mass is 9.97. The fourth-order valence-electron chi connectivity index (χ4n) is 7.98. The van der Waals surface area contributed by atoms with Gasteiger partial charge in [-0.15, -0.1) is 0 Å². The third kappa shape index (κ3) is 4.96. The van der Waals surface area contributed by atoms with Crippen LogP contribution in [0.2, 0.25) is 0 Å². The number of hydrogen-bond donors (Lipinski definition) is 0. The van der Waals surface area contributed by atoms with Crippen molar-refractivity contribution in [1.29, 1.82) is 0 Å². The number of aromatic nitrogens is 1. The first-order valence-corrected chi connectivity index (χ1v) is 17.9. The van der Waals surface area contributed by atoms with Crippen molar-refractivity contribution in [3.05, 3.63) is 206 Å². The first-order chi connectivity index (χ1) is 25.8. The van der Waals surface area contributed by atoms with Crippen LogP contribution in [0.5, 0.6) is 0 Å². The van der Waals surface area contributed by atoms with Gasteiger partial charge < -0.3 is 9.47 Å². The first-order valence-electron chi connectivity index (χ1n) is 17.9. The summed E-state index contributed by atoms with van der Waals surface area (Å²) >= 11 is 0. The molecule has 0 aliphatic heterocycles. The second kappa shape index (κ2) is 12.5. The van der Waals surface area contributed by atoms with E-state index in [1.54, 1.807) is 0 Å². The fraction of sp³-hybridized carbons (Fsp3) is 0. The van der Waals surface area contributed by atoms with Crippen molar-refractivity contribution in [2.45, 2.75) is 0 Å². The van der Waals surface area contributed by atoms with E-state index in [9.17, 15) is 0 Å². The summed E-state index contributed by atoms with van der Waals surface area (Å²) in [6.45, 7) is 0.